The second-order valence-corrected chi connectivity index (χ2v) is 5.77. The number of thiophene rings is 1. The Morgan fingerprint density at radius 1 is 1.05 bits per heavy atom. The van der Waals surface area contributed by atoms with Crippen molar-refractivity contribution in [3.8, 4) is 16.2 Å². The van der Waals surface area contributed by atoms with Crippen LogP contribution in [0, 0.1) is 0 Å². The van der Waals surface area contributed by atoms with Gasteiger partial charge in [0.1, 0.15) is 5.75 Å². The van der Waals surface area contributed by atoms with E-state index in [1.165, 1.54) is 29.5 Å². The molecule has 0 spiro atoms. The summed E-state index contributed by atoms with van der Waals surface area (Å²) in [5.74, 6) is -0.267. The van der Waals surface area contributed by atoms with Gasteiger partial charge < -0.3 is 9.84 Å². The number of halogens is 3. The summed E-state index contributed by atoms with van der Waals surface area (Å²) in [7, 11) is 0. The Hall–Kier alpha value is -2.05. The minimum absolute atomic E-state index is 0.246. The lowest BCUT2D eigenvalue weighted by Gasteiger charge is -2.13. The quantitative estimate of drug-likeness (QED) is 0.738. The Morgan fingerprint density at radius 3 is 2.50 bits per heavy atom. The van der Waals surface area contributed by atoms with Crippen molar-refractivity contribution in [3.63, 3.8) is 0 Å². The maximum atomic E-state index is 12.6. The van der Waals surface area contributed by atoms with E-state index in [-0.39, 0.29) is 12.4 Å². The average Bonchev–Trinajstić information content (AvgIpc) is 2.89. The first-order valence-electron chi connectivity index (χ1n) is 6.45. The second-order valence-electron chi connectivity index (χ2n) is 4.68. The van der Waals surface area contributed by atoms with Gasteiger partial charge in [-0.3, -0.25) is 0 Å². The summed E-state index contributed by atoms with van der Waals surface area (Å²) in [5.41, 5.74) is 0.854. The molecule has 0 atom stereocenters. The van der Waals surface area contributed by atoms with Crippen molar-refractivity contribution >= 4 is 21.4 Å². The topological polar surface area (TPSA) is 29.5 Å². The van der Waals surface area contributed by atoms with Gasteiger partial charge in [0.2, 0.25) is 0 Å². The number of rotatable bonds is 3. The van der Waals surface area contributed by atoms with E-state index in [4.69, 9.17) is 0 Å². The molecule has 1 N–H and O–H groups in total. The Morgan fingerprint density at radius 2 is 1.82 bits per heavy atom. The highest BCUT2D eigenvalue weighted by molar-refractivity contribution is 7.22. The number of aliphatic hydroxyl groups is 1. The molecule has 1 aromatic heterocycles. The van der Waals surface area contributed by atoms with Crippen molar-refractivity contribution in [2.45, 2.75) is 13.0 Å². The van der Waals surface area contributed by atoms with Gasteiger partial charge in [0.15, 0.2) is 0 Å². The van der Waals surface area contributed by atoms with E-state index >= 15 is 0 Å². The summed E-state index contributed by atoms with van der Waals surface area (Å²) in [6, 6.07) is 13.5. The van der Waals surface area contributed by atoms with Crippen LogP contribution in [0.15, 0.2) is 48.5 Å². The summed E-state index contributed by atoms with van der Waals surface area (Å²) in [6.45, 7) is -0.246. The van der Waals surface area contributed by atoms with Crippen molar-refractivity contribution in [1.29, 1.82) is 0 Å². The Bertz CT molecular complexity index is 776. The molecule has 1 heterocycles. The maximum absolute atomic E-state index is 12.6. The third-order valence-corrected chi connectivity index (χ3v) is 4.29. The largest absolute Gasteiger partial charge is 0.573 e. The van der Waals surface area contributed by atoms with Gasteiger partial charge in [-0.05, 0) is 35.2 Å². The second kappa shape index (κ2) is 5.62. The molecule has 0 amide bonds. The van der Waals surface area contributed by atoms with E-state index in [2.05, 4.69) is 4.74 Å². The van der Waals surface area contributed by atoms with Gasteiger partial charge >= 0.3 is 6.36 Å². The predicted molar refractivity (Wildman–Crippen MR) is 79.9 cm³/mol. The molecule has 0 radical (unpaired) electrons. The molecule has 3 rings (SSSR count). The molecule has 2 aromatic carbocycles. The van der Waals surface area contributed by atoms with Crippen molar-refractivity contribution in [3.05, 3.63) is 54.1 Å². The highest BCUT2D eigenvalue weighted by Gasteiger charge is 2.32. The van der Waals surface area contributed by atoms with Crippen LogP contribution in [0.2, 0.25) is 0 Å². The molecule has 0 aliphatic heterocycles. The fraction of sp³-hybridized carbons (Fsp3) is 0.125. The molecule has 0 bridgehead atoms. The zero-order chi connectivity index (χ0) is 15.7. The first-order chi connectivity index (χ1) is 10.5. The van der Waals surface area contributed by atoms with E-state index in [1.54, 1.807) is 0 Å². The van der Waals surface area contributed by atoms with E-state index < -0.39 is 6.36 Å². The summed E-state index contributed by atoms with van der Waals surface area (Å²) < 4.78 is 42.8. The van der Waals surface area contributed by atoms with Gasteiger partial charge in [0.25, 0.3) is 0 Å². The molecule has 0 saturated heterocycles. The van der Waals surface area contributed by atoms with Crippen LogP contribution in [-0.4, -0.2) is 11.5 Å². The Balaban J connectivity index is 2.14. The number of aliphatic hydroxyl groups excluding tert-OH is 1. The van der Waals surface area contributed by atoms with Gasteiger partial charge in [0.05, 0.1) is 6.61 Å². The number of fused-ring (bicyclic) bond motifs is 1. The Labute approximate surface area is 128 Å². The normalized spacial score (nSPS) is 11.8. The zero-order valence-corrected chi connectivity index (χ0v) is 12.0. The van der Waals surface area contributed by atoms with E-state index in [1.807, 2.05) is 30.3 Å². The monoisotopic (exact) mass is 324 g/mol. The fourth-order valence-electron chi connectivity index (χ4n) is 2.20. The highest BCUT2D eigenvalue weighted by atomic mass is 32.1. The molecule has 22 heavy (non-hydrogen) atoms. The van der Waals surface area contributed by atoms with Gasteiger partial charge in [-0.25, -0.2) is 0 Å². The predicted octanol–water partition coefficient (Wildman–Crippen LogP) is 4.96. The molecule has 0 fully saturated rings. The summed E-state index contributed by atoms with van der Waals surface area (Å²) in [4.78, 5) is 0.663. The molecule has 2 nitrogen and oxygen atoms in total. The molecule has 0 aliphatic carbocycles. The van der Waals surface area contributed by atoms with Crippen molar-refractivity contribution in [2.75, 3.05) is 0 Å². The summed E-state index contributed by atoms with van der Waals surface area (Å²) >= 11 is 1.38. The van der Waals surface area contributed by atoms with Crippen molar-refractivity contribution < 1.29 is 23.0 Å². The lowest BCUT2D eigenvalue weighted by Crippen LogP contribution is -2.17. The third kappa shape index (κ3) is 3.08. The third-order valence-electron chi connectivity index (χ3n) is 3.14. The van der Waals surface area contributed by atoms with Crippen molar-refractivity contribution in [2.24, 2.45) is 0 Å². The van der Waals surface area contributed by atoms with Crippen LogP contribution in [0.1, 0.15) is 5.56 Å². The molecule has 0 saturated carbocycles. The van der Waals surface area contributed by atoms with Crippen LogP contribution in [0.25, 0.3) is 20.5 Å². The minimum Gasteiger partial charge on any atom is -0.405 e. The Kier molecular flexibility index (Phi) is 3.80. The molecule has 0 aliphatic rings. The van der Waals surface area contributed by atoms with Crippen LogP contribution in [-0.2, 0) is 6.61 Å². The van der Waals surface area contributed by atoms with Gasteiger partial charge in [-0.15, -0.1) is 24.5 Å². The first kappa shape index (κ1) is 14.9. The number of alkyl halides is 3. The smallest absolute Gasteiger partial charge is 0.405 e. The van der Waals surface area contributed by atoms with Crippen LogP contribution >= 0.6 is 11.3 Å². The highest BCUT2D eigenvalue weighted by Crippen LogP contribution is 2.40. The molecule has 3 aromatic rings. The van der Waals surface area contributed by atoms with Gasteiger partial charge in [0, 0.05) is 15.1 Å². The molecular weight excluding hydrogens is 313 g/mol. The van der Waals surface area contributed by atoms with E-state index in [0.29, 0.717) is 16.0 Å². The van der Waals surface area contributed by atoms with E-state index in [9.17, 15) is 18.3 Å². The fourth-order valence-corrected chi connectivity index (χ4v) is 3.28. The number of ether oxygens (including phenoxy) is 1. The number of hydrogen-bond donors (Lipinski definition) is 1. The van der Waals surface area contributed by atoms with E-state index in [0.717, 1.165) is 10.1 Å². The van der Waals surface area contributed by atoms with Crippen LogP contribution < -0.4 is 4.74 Å². The zero-order valence-electron chi connectivity index (χ0n) is 11.2. The standard InChI is InChI=1S/C16H11F3O2S/c17-16(18,19)21-13-6-5-10(9-20)7-12(13)15-8-11-3-1-2-4-14(11)22-15/h1-8,20H,9H2. The summed E-state index contributed by atoms with van der Waals surface area (Å²) in [5, 5.41) is 10.2. The lowest BCUT2D eigenvalue weighted by atomic mass is 10.1. The average molecular weight is 324 g/mol. The first-order valence-corrected chi connectivity index (χ1v) is 7.26. The minimum atomic E-state index is -4.76. The van der Waals surface area contributed by atoms with Gasteiger partial charge in [-0.2, -0.15) is 0 Å². The SMILES string of the molecule is OCc1ccc(OC(F)(F)F)c(-c2cc3ccccc3s2)c1. The number of benzene rings is 2. The van der Waals surface area contributed by atoms with Gasteiger partial charge in [-0.1, -0.05) is 24.3 Å². The lowest BCUT2D eigenvalue weighted by molar-refractivity contribution is -0.274. The molecular formula is C16H11F3O2S. The van der Waals surface area contributed by atoms with Crippen LogP contribution in [0.5, 0.6) is 5.75 Å². The molecule has 114 valence electrons. The molecule has 0 unspecified atom stereocenters. The maximum Gasteiger partial charge on any atom is 0.573 e. The number of hydrogen-bond acceptors (Lipinski definition) is 3. The van der Waals surface area contributed by atoms with Crippen LogP contribution in [0.4, 0.5) is 13.2 Å². The summed E-state index contributed by atoms with van der Waals surface area (Å²) in [6.07, 6.45) is -4.76. The van der Waals surface area contributed by atoms with Crippen LogP contribution in [0.3, 0.4) is 0 Å². The van der Waals surface area contributed by atoms with Crippen molar-refractivity contribution in [1.82, 2.24) is 0 Å². The molecule has 6 heteroatoms.